The predicted octanol–water partition coefficient (Wildman–Crippen LogP) is 1.23. The number of likely N-dealkylation sites (N-methyl/N-ethyl adjacent to an activating group) is 1. The van der Waals surface area contributed by atoms with Gasteiger partial charge in [0, 0.05) is 19.2 Å². The van der Waals surface area contributed by atoms with E-state index >= 15 is 0 Å². The van der Waals surface area contributed by atoms with Crippen molar-refractivity contribution < 1.29 is 13.6 Å². The number of benzene rings is 1. The van der Waals surface area contributed by atoms with E-state index in [1.54, 1.807) is 0 Å². The SMILES string of the molecule is CCNCCNC(=O)Cc1ccc(F)cc1F. The summed E-state index contributed by atoms with van der Waals surface area (Å²) < 4.78 is 25.8. The maximum Gasteiger partial charge on any atom is 0.224 e. The van der Waals surface area contributed by atoms with Gasteiger partial charge >= 0.3 is 0 Å². The monoisotopic (exact) mass is 242 g/mol. The molecule has 0 heterocycles. The van der Waals surface area contributed by atoms with Crippen LogP contribution in [-0.4, -0.2) is 25.5 Å². The molecule has 0 aliphatic rings. The predicted molar refractivity (Wildman–Crippen MR) is 61.6 cm³/mol. The molecule has 1 amide bonds. The van der Waals surface area contributed by atoms with Crippen LogP contribution in [0.15, 0.2) is 18.2 Å². The molecule has 1 aromatic carbocycles. The van der Waals surface area contributed by atoms with E-state index in [-0.39, 0.29) is 17.9 Å². The second-order valence-corrected chi connectivity index (χ2v) is 3.62. The third-order valence-electron chi connectivity index (χ3n) is 2.24. The fraction of sp³-hybridized carbons (Fsp3) is 0.417. The Labute approximate surface area is 99.2 Å². The summed E-state index contributed by atoms with van der Waals surface area (Å²) in [6, 6.07) is 3.21. The second kappa shape index (κ2) is 6.96. The molecule has 94 valence electrons. The Morgan fingerprint density at radius 2 is 2.06 bits per heavy atom. The Kier molecular flexibility index (Phi) is 5.56. The van der Waals surface area contributed by atoms with Crippen molar-refractivity contribution in [3.63, 3.8) is 0 Å². The first-order valence-corrected chi connectivity index (χ1v) is 5.54. The van der Waals surface area contributed by atoms with Gasteiger partial charge in [-0.05, 0) is 18.2 Å². The lowest BCUT2D eigenvalue weighted by atomic mass is 10.1. The quantitative estimate of drug-likeness (QED) is 0.737. The number of halogens is 2. The fourth-order valence-electron chi connectivity index (χ4n) is 1.37. The van der Waals surface area contributed by atoms with Crippen LogP contribution in [-0.2, 0) is 11.2 Å². The Morgan fingerprint density at radius 3 is 2.71 bits per heavy atom. The molecule has 0 aromatic heterocycles. The van der Waals surface area contributed by atoms with Crippen LogP contribution in [0.25, 0.3) is 0 Å². The molecule has 0 aliphatic heterocycles. The number of nitrogens with one attached hydrogen (secondary N) is 2. The van der Waals surface area contributed by atoms with Gasteiger partial charge < -0.3 is 10.6 Å². The summed E-state index contributed by atoms with van der Waals surface area (Å²) in [5.41, 5.74) is 0.201. The van der Waals surface area contributed by atoms with Gasteiger partial charge in [0.1, 0.15) is 11.6 Å². The van der Waals surface area contributed by atoms with Crippen molar-refractivity contribution in [3.05, 3.63) is 35.4 Å². The molecule has 0 saturated heterocycles. The number of rotatable bonds is 6. The van der Waals surface area contributed by atoms with Gasteiger partial charge in [0.2, 0.25) is 5.91 Å². The maximum absolute atomic E-state index is 13.2. The molecule has 1 aromatic rings. The highest BCUT2D eigenvalue weighted by atomic mass is 19.1. The van der Waals surface area contributed by atoms with Gasteiger partial charge in [0.05, 0.1) is 6.42 Å². The van der Waals surface area contributed by atoms with Crippen molar-refractivity contribution in [2.45, 2.75) is 13.3 Å². The first kappa shape index (κ1) is 13.6. The Morgan fingerprint density at radius 1 is 1.29 bits per heavy atom. The van der Waals surface area contributed by atoms with Crippen LogP contribution in [0.4, 0.5) is 8.78 Å². The standard InChI is InChI=1S/C12H16F2N2O/c1-2-15-5-6-16-12(17)7-9-3-4-10(13)8-11(9)14/h3-4,8,15H,2,5-7H2,1H3,(H,16,17). The molecule has 3 nitrogen and oxygen atoms in total. The van der Waals surface area contributed by atoms with E-state index in [0.717, 1.165) is 18.7 Å². The second-order valence-electron chi connectivity index (χ2n) is 3.62. The number of carbonyl (C=O) groups excluding carboxylic acids is 1. The first-order valence-electron chi connectivity index (χ1n) is 5.54. The fourth-order valence-corrected chi connectivity index (χ4v) is 1.37. The van der Waals surface area contributed by atoms with Gasteiger partial charge in [-0.15, -0.1) is 0 Å². The third-order valence-corrected chi connectivity index (χ3v) is 2.24. The number of amides is 1. The maximum atomic E-state index is 13.2. The van der Waals surface area contributed by atoms with Crippen LogP contribution in [0.2, 0.25) is 0 Å². The molecule has 0 bridgehead atoms. The molecule has 0 aliphatic carbocycles. The van der Waals surface area contributed by atoms with E-state index in [0.29, 0.717) is 13.1 Å². The minimum Gasteiger partial charge on any atom is -0.355 e. The van der Waals surface area contributed by atoms with Crippen molar-refractivity contribution >= 4 is 5.91 Å². The van der Waals surface area contributed by atoms with Crippen LogP contribution < -0.4 is 10.6 Å². The van der Waals surface area contributed by atoms with Gasteiger partial charge in [-0.3, -0.25) is 4.79 Å². The van der Waals surface area contributed by atoms with E-state index in [2.05, 4.69) is 10.6 Å². The summed E-state index contributed by atoms with van der Waals surface area (Å²) in [4.78, 5) is 11.4. The lowest BCUT2D eigenvalue weighted by Gasteiger charge is -2.06. The van der Waals surface area contributed by atoms with E-state index < -0.39 is 11.6 Å². The number of hydrogen-bond donors (Lipinski definition) is 2. The topological polar surface area (TPSA) is 41.1 Å². The number of carbonyl (C=O) groups is 1. The third kappa shape index (κ3) is 4.91. The molecule has 17 heavy (non-hydrogen) atoms. The lowest BCUT2D eigenvalue weighted by Crippen LogP contribution is -2.32. The van der Waals surface area contributed by atoms with Gasteiger partial charge in [-0.1, -0.05) is 13.0 Å². The molecule has 0 atom stereocenters. The van der Waals surface area contributed by atoms with E-state index in [1.807, 2.05) is 6.92 Å². The molecule has 0 saturated carbocycles. The van der Waals surface area contributed by atoms with Crippen molar-refractivity contribution in [3.8, 4) is 0 Å². The zero-order valence-corrected chi connectivity index (χ0v) is 9.72. The molecular weight excluding hydrogens is 226 g/mol. The normalized spacial score (nSPS) is 10.3. The molecule has 1 rings (SSSR count). The zero-order valence-electron chi connectivity index (χ0n) is 9.72. The van der Waals surface area contributed by atoms with Crippen LogP contribution in [0.3, 0.4) is 0 Å². The van der Waals surface area contributed by atoms with Crippen LogP contribution in [0.1, 0.15) is 12.5 Å². The Bertz CT molecular complexity index is 383. The van der Waals surface area contributed by atoms with Crippen molar-refractivity contribution in [2.75, 3.05) is 19.6 Å². The summed E-state index contributed by atoms with van der Waals surface area (Å²) in [6.45, 7) is 3.97. The van der Waals surface area contributed by atoms with Gasteiger partial charge in [0.25, 0.3) is 0 Å². The summed E-state index contributed by atoms with van der Waals surface area (Å²) in [6.07, 6.45) is -0.0712. The van der Waals surface area contributed by atoms with Crippen LogP contribution >= 0.6 is 0 Å². The summed E-state index contributed by atoms with van der Waals surface area (Å²) in [7, 11) is 0. The van der Waals surface area contributed by atoms with Crippen molar-refractivity contribution in [1.29, 1.82) is 0 Å². The van der Waals surface area contributed by atoms with Gasteiger partial charge in [-0.2, -0.15) is 0 Å². The average molecular weight is 242 g/mol. The smallest absolute Gasteiger partial charge is 0.224 e. The highest BCUT2D eigenvalue weighted by Crippen LogP contribution is 2.09. The van der Waals surface area contributed by atoms with E-state index in [1.165, 1.54) is 6.07 Å². The Hall–Kier alpha value is -1.49. The molecule has 5 heteroatoms. The average Bonchev–Trinajstić information content (AvgIpc) is 2.28. The van der Waals surface area contributed by atoms with Crippen molar-refractivity contribution in [1.82, 2.24) is 10.6 Å². The largest absolute Gasteiger partial charge is 0.355 e. The summed E-state index contributed by atoms with van der Waals surface area (Å²) in [5, 5.41) is 5.69. The highest BCUT2D eigenvalue weighted by molar-refractivity contribution is 5.78. The van der Waals surface area contributed by atoms with Gasteiger partial charge in [0.15, 0.2) is 0 Å². The molecule has 0 spiro atoms. The molecule has 0 fully saturated rings. The van der Waals surface area contributed by atoms with Gasteiger partial charge in [-0.25, -0.2) is 8.78 Å². The first-order chi connectivity index (χ1) is 8.13. The Balaban J connectivity index is 2.40. The van der Waals surface area contributed by atoms with E-state index in [4.69, 9.17) is 0 Å². The lowest BCUT2D eigenvalue weighted by molar-refractivity contribution is -0.120. The van der Waals surface area contributed by atoms with Crippen molar-refractivity contribution in [2.24, 2.45) is 0 Å². The summed E-state index contributed by atoms with van der Waals surface area (Å²) >= 11 is 0. The number of hydrogen-bond acceptors (Lipinski definition) is 2. The highest BCUT2D eigenvalue weighted by Gasteiger charge is 2.08. The summed E-state index contributed by atoms with van der Waals surface area (Å²) in [5.74, 6) is -1.60. The zero-order chi connectivity index (χ0) is 12.7. The molecule has 0 unspecified atom stereocenters. The van der Waals surface area contributed by atoms with Crippen LogP contribution in [0, 0.1) is 11.6 Å². The minimum absolute atomic E-state index is 0.0712. The van der Waals surface area contributed by atoms with Crippen LogP contribution in [0.5, 0.6) is 0 Å². The van der Waals surface area contributed by atoms with E-state index in [9.17, 15) is 13.6 Å². The molecule has 2 N–H and O–H groups in total. The minimum atomic E-state index is -0.688. The molecular formula is C12H16F2N2O. The molecule has 0 radical (unpaired) electrons.